The summed E-state index contributed by atoms with van der Waals surface area (Å²) in [6.45, 7) is 16.4. The third-order valence-electron chi connectivity index (χ3n) is 3.05. The van der Waals surface area contributed by atoms with Crippen molar-refractivity contribution in [1.29, 1.82) is 0 Å². The van der Waals surface area contributed by atoms with E-state index in [2.05, 4.69) is 5.32 Å². The van der Waals surface area contributed by atoms with Gasteiger partial charge in [0.2, 0.25) is 0 Å². The lowest BCUT2D eigenvalue weighted by atomic mass is 10.1. The average molecular weight is 429 g/mol. The number of nitrogens with one attached hydrogen (secondary N) is 1. The van der Waals surface area contributed by atoms with Gasteiger partial charge in [-0.2, -0.15) is 0 Å². The molecular formula is C21H36NO6P. The third-order valence-corrected chi connectivity index (χ3v) is 5.01. The van der Waals surface area contributed by atoms with E-state index < -0.39 is 30.6 Å². The number of hydrogen-bond donors (Lipinski definition) is 1. The van der Waals surface area contributed by atoms with Crippen LogP contribution in [0.2, 0.25) is 0 Å². The van der Waals surface area contributed by atoms with Crippen molar-refractivity contribution in [2.24, 2.45) is 0 Å². The van der Waals surface area contributed by atoms with Crippen molar-refractivity contribution in [3.05, 3.63) is 29.3 Å². The van der Waals surface area contributed by atoms with Crippen molar-refractivity contribution in [3.63, 3.8) is 0 Å². The van der Waals surface area contributed by atoms with E-state index in [4.69, 9.17) is 18.3 Å². The average Bonchev–Trinajstić information content (AvgIpc) is 2.42. The van der Waals surface area contributed by atoms with Crippen LogP contribution >= 0.6 is 7.82 Å². The largest absolute Gasteiger partial charge is 0.531 e. The zero-order valence-corrected chi connectivity index (χ0v) is 20.2. The van der Waals surface area contributed by atoms with Gasteiger partial charge >= 0.3 is 13.8 Å². The van der Waals surface area contributed by atoms with E-state index in [0.29, 0.717) is 12.1 Å². The fraction of sp³-hybridized carbons (Fsp3) is 0.667. The molecule has 29 heavy (non-hydrogen) atoms. The molecule has 1 aromatic rings. The minimum absolute atomic E-state index is 0.236. The van der Waals surface area contributed by atoms with Crippen LogP contribution in [0.4, 0.5) is 0 Å². The van der Waals surface area contributed by atoms with Crippen LogP contribution in [0, 0.1) is 0 Å². The second kappa shape index (κ2) is 9.17. The first kappa shape index (κ1) is 25.6. The van der Waals surface area contributed by atoms with Gasteiger partial charge < -0.3 is 14.6 Å². The monoisotopic (exact) mass is 429 g/mol. The van der Waals surface area contributed by atoms with Gasteiger partial charge in [-0.3, -0.25) is 9.05 Å². The molecule has 0 aliphatic rings. The molecule has 0 saturated heterocycles. The van der Waals surface area contributed by atoms with Crippen molar-refractivity contribution in [2.75, 3.05) is 7.05 Å². The predicted molar refractivity (Wildman–Crippen MR) is 114 cm³/mol. The van der Waals surface area contributed by atoms with Crippen molar-refractivity contribution in [1.82, 2.24) is 5.32 Å². The third kappa shape index (κ3) is 9.77. The van der Waals surface area contributed by atoms with Crippen LogP contribution in [0.3, 0.4) is 0 Å². The SMILES string of the molecule is CNCc1ccc(C(=O)OC(C)(C)C)cc1OP(=O)(OC(C)(C)C)OC(C)(C)C. The van der Waals surface area contributed by atoms with Gasteiger partial charge in [-0.05, 0) is 81.5 Å². The Kier molecular flexibility index (Phi) is 8.11. The van der Waals surface area contributed by atoms with E-state index in [1.807, 2.05) is 0 Å². The lowest BCUT2D eigenvalue weighted by molar-refractivity contribution is 0.00652. The van der Waals surface area contributed by atoms with Crippen molar-refractivity contribution in [3.8, 4) is 5.75 Å². The maximum Gasteiger partial charge on any atom is 0.531 e. The van der Waals surface area contributed by atoms with Gasteiger partial charge in [0.25, 0.3) is 0 Å². The Hall–Kier alpha value is -1.40. The van der Waals surface area contributed by atoms with Gasteiger partial charge in [-0.1, -0.05) is 6.07 Å². The number of phosphoric acid groups is 1. The number of ether oxygens (including phenoxy) is 1. The maximum absolute atomic E-state index is 13.5. The molecule has 0 heterocycles. The molecule has 0 aliphatic carbocycles. The molecule has 0 radical (unpaired) electrons. The van der Waals surface area contributed by atoms with E-state index in [9.17, 15) is 9.36 Å². The number of carbonyl (C=O) groups excluding carboxylic acids is 1. The van der Waals surface area contributed by atoms with E-state index in [1.165, 1.54) is 6.07 Å². The highest BCUT2D eigenvalue weighted by Crippen LogP contribution is 2.55. The van der Waals surface area contributed by atoms with Gasteiger partial charge in [-0.15, -0.1) is 0 Å². The first-order valence-corrected chi connectivity index (χ1v) is 11.1. The highest BCUT2D eigenvalue weighted by atomic mass is 31.2. The smallest absolute Gasteiger partial charge is 0.456 e. The summed E-state index contributed by atoms with van der Waals surface area (Å²) in [5, 5.41) is 3.03. The van der Waals surface area contributed by atoms with Gasteiger partial charge in [0.05, 0.1) is 16.8 Å². The molecule has 0 aromatic heterocycles. The lowest BCUT2D eigenvalue weighted by Gasteiger charge is -2.31. The molecule has 0 spiro atoms. The molecule has 0 saturated carbocycles. The lowest BCUT2D eigenvalue weighted by Crippen LogP contribution is -2.26. The summed E-state index contributed by atoms with van der Waals surface area (Å²) < 4.78 is 36.1. The molecule has 0 amide bonds. The van der Waals surface area contributed by atoms with Gasteiger partial charge in [0, 0.05) is 12.1 Å². The van der Waals surface area contributed by atoms with Crippen LogP contribution in [0.25, 0.3) is 0 Å². The molecule has 1 N–H and O–H groups in total. The molecule has 1 rings (SSSR count). The second-order valence-corrected chi connectivity index (χ2v) is 11.2. The summed E-state index contributed by atoms with van der Waals surface area (Å²) in [7, 11) is -2.23. The first-order valence-electron chi connectivity index (χ1n) is 9.65. The molecule has 0 aliphatic heterocycles. The minimum atomic E-state index is -4.01. The molecule has 166 valence electrons. The molecule has 0 fully saturated rings. The first-order chi connectivity index (χ1) is 12.9. The van der Waals surface area contributed by atoms with Crippen molar-refractivity contribution < 1.29 is 27.7 Å². The summed E-state index contributed by atoms with van der Waals surface area (Å²) in [5.74, 6) is -0.263. The Morgan fingerprint density at radius 3 is 1.86 bits per heavy atom. The van der Waals surface area contributed by atoms with E-state index in [0.717, 1.165) is 0 Å². The fourth-order valence-electron chi connectivity index (χ4n) is 2.29. The summed E-state index contributed by atoms with van der Waals surface area (Å²) >= 11 is 0. The fourth-order valence-corrected chi connectivity index (χ4v) is 4.15. The van der Waals surface area contributed by atoms with Gasteiger partial charge in [-0.25, -0.2) is 9.36 Å². The number of carbonyl (C=O) groups is 1. The molecule has 0 atom stereocenters. The van der Waals surface area contributed by atoms with Crippen LogP contribution in [0.1, 0.15) is 78.2 Å². The van der Waals surface area contributed by atoms with Crippen LogP contribution < -0.4 is 9.84 Å². The summed E-state index contributed by atoms with van der Waals surface area (Å²) in [4.78, 5) is 12.5. The topological polar surface area (TPSA) is 83.1 Å². The number of hydrogen-bond acceptors (Lipinski definition) is 7. The quantitative estimate of drug-likeness (QED) is 0.454. The highest BCUT2D eigenvalue weighted by Gasteiger charge is 2.39. The summed E-state index contributed by atoms with van der Waals surface area (Å²) in [5.41, 5.74) is -1.19. The Balaban J connectivity index is 3.36. The van der Waals surface area contributed by atoms with Crippen LogP contribution in [-0.4, -0.2) is 29.8 Å². The van der Waals surface area contributed by atoms with Gasteiger partial charge in [0.15, 0.2) is 0 Å². The zero-order valence-electron chi connectivity index (χ0n) is 19.3. The molecular weight excluding hydrogens is 393 g/mol. The number of rotatable bonds is 7. The Labute approximate surface area is 175 Å². The van der Waals surface area contributed by atoms with E-state index in [-0.39, 0.29) is 11.3 Å². The summed E-state index contributed by atoms with van der Waals surface area (Å²) in [6, 6.07) is 4.88. The maximum atomic E-state index is 13.5. The Bertz CT molecular complexity index is 736. The van der Waals surface area contributed by atoms with Crippen LogP contribution in [0.5, 0.6) is 5.75 Å². The molecule has 7 nitrogen and oxygen atoms in total. The molecule has 0 bridgehead atoms. The Morgan fingerprint density at radius 1 is 0.931 bits per heavy atom. The van der Waals surface area contributed by atoms with Gasteiger partial charge in [0.1, 0.15) is 11.4 Å². The predicted octanol–water partition coefficient (Wildman–Crippen LogP) is 5.48. The number of phosphoric ester groups is 1. The normalized spacial score (nSPS) is 13.3. The second-order valence-electron chi connectivity index (χ2n) is 9.80. The van der Waals surface area contributed by atoms with E-state index >= 15 is 0 Å². The van der Waals surface area contributed by atoms with Crippen molar-refractivity contribution in [2.45, 2.75) is 85.7 Å². The minimum Gasteiger partial charge on any atom is -0.456 e. The molecule has 0 unspecified atom stereocenters. The Morgan fingerprint density at radius 2 is 1.45 bits per heavy atom. The van der Waals surface area contributed by atoms with Crippen molar-refractivity contribution >= 4 is 13.8 Å². The molecule has 8 heteroatoms. The highest BCUT2D eigenvalue weighted by molar-refractivity contribution is 7.49. The zero-order chi connectivity index (χ0) is 22.7. The summed E-state index contributed by atoms with van der Waals surface area (Å²) in [6.07, 6.45) is 0. The number of esters is 1. The van der Waals surface area contributed by atoms with Crippen LogP contribution in [-0.2, 0) is 24.9 Å². The number of benzene rings is 1. The standard InChI is InChI=1S/C21H36NO6P/c1-19(2,3)25-18(23)15-11-12-16(14-22-10)17(13-15)26-29(24,27-20(4,5)6)28-21(7,8)9/h11-13,22H,14H2,1-10H3. The van der Waals surface area contributed by atoms with E-state index in [1.54, 1.807) is 81.5 Å². The molecule has 1 aromatic carbocycles. The van der Waals surface area contributed by atoms with Crippen LogP contribution in [0.15, 0.2) is 18.2 Å².